The Morgan fingerprint density at radius 2 is 2.09 bits per heavy atom. The number of rotatable bonds is 3. The van der Waals surface area contributed by atoms with Gasteiger partial charge in [-0.1, -0.05) is 0 Å². The first-order valence-corrected chi connectivity index (χ1v) is 8.04. The Bertz CT molecular complexity index is 664. The summed E-state index contributed by atoms with van der Waals surface area (Å²) in [6.07, 6.45) is 6.10. The van der Waals surface area contributed by atoms with Gasteiger partial charge in [0, 0.05) is 38.7 Å². The van der Waals surface area contributed by atoms with Crippen molar-refractivity contribution < 1.29 is 14.4 Å². The second-order valence-corrected chi connectivity index (χ2v) is 6.38. The molecule has 3 amide bonds. The third-order valence-corrected chi connectivity index (χ3v) is 4.81. The van der Waals surface area contributed by atoms with Gasteiger partial charge in [0.2, 0.25) is 17.7 Å². The smallest absolute Gasteiger partial charge is 0.245 e. The van der Waals surface area contributed by atoms with Gasteiger partial charge in [-0.25, -0.2) is 0 Å². The van der Waals surface area contributed by atoms with Gasteiger partial charge in [-0.05, 0) is 12.8 Å². The Kier molecular flexibility index (Phi) is 3.32. The first-order chi connectivity index (χ1) is 11.1. The quantitative estimate of drug-likeness (QED) is 0.827. The first kappa shape index (κ1) is 14.2. The van der Waals surface area contributed by atoms with Crippen LogP contribution in [-0.2, 0) is 14.4 Å². The second-order valence-electron chi connectivity index (χ2n) is 6.38. The van der Waals surface area contributed by atoms with Crippen LogP contribution in [0.5, 0.6) is 0 Å². The molecule has 0 spiro atoms. The zero-order valence-electron chi connectivity index (χ0n) is 12.8. The van der Waals surface area contributed by atoms with Crippen molar-refractivity contribution in [1.82, 2.24) is 20.0 Å². The van der Waals surface area contributed by atoms with Crippen LogP contribution in [0.3, 0.4) is 0 Å². The minimum atomic E-state index is -0.362. The summed E-state index contributed by atoms with van der Waals surface area (Å²) in [6.45, 7) is 1.95. The van der Waals surface area contributed by atoms with Crippen LogP contribution in [0.2, 0.25) is 0 Å². The van der Waals surface area contributed by atoms with Crippen molar-refractivity contribution in [2.75, 3.05) is 24.5 Å². The fraction of sp³-hybridized carbons (Fsp3) is 0.600. The van der Waals surface area contributed by atoms with Crippen molar-refractivity contribution in [3.8, 4) is 0 Å². The highest BCUT2D eigenvalue weighted by molar-refractivity contribution is 5.95. The molecule has 3 aliphatic rings. The van der Waals surface area contributed by atoms with E-state index in [1.807, 2.05) is 10.9 Å². The predicted octanol–water partition coefficient (Wildman–Crippen LogP) is -0.328. The van der Waals surface area contributed by atoms with Gasteiger partial charge < -0.3 is 15.1 Å². The van der Waals surface area contributed by atoms with E-state index in [1.165, 1.54) is 0 Å². The molecule has 3 aliphatic heterocycles. The molecule has 3 saturated heterocycles. The van der Waals surface area contributed by atoms with Gasteiger partial charge in [0.1, 0.15) is 6.04 Å². The number of nitrogens with one attached hydrogen (secondary N) is 1. The maximum absolute atomic E-state index is 12.2. The Hall–Kier alpha value is -2.38. The minimum absolute atomic E-state index is 0.00537. The number of nitrogens with zero attached hydrogens (tertiary/aromatic N) is 4. The fourth-order valence-electron chi connectivity index (χ4n) is 3.41. The third kappa shape index (κ3) is 2.47. The summed E-state index contributed by atoms with van der Waals surface area (Å²) in [5, 5.41) is 7.04. The molecule has 8 nitrogen and oxygen atoms in total. The fourth-order valence-corrected chi connectivity index (χ4v) is 3.41. The van der Waals surface area contributed by atoms with Gasteiger partial charge in [-0.2, -0.15) is 5.10 Å². The molecule has 0 bridgehead atoms. The molecular weight excluding hydrogens is 298 g/mol. The lowest BCUT2D eigenvalue weighted by molar-refractivity contribution is -0.140. The topological polar surface area (TPSA) is 87.5 Å². The van der Waals surface area contributed by atoms with Gasteiger partial charge in [0.05, 0.1) is 17.9 Å². The van der Waals surface area contributed by atoms with E-state index in [9.17, 15) is 14.4 Å². The number of amides is 3. The number of aromatic nitrogens is 2. The SMILES string of the molecule is O=C1CCC(C(=O)N2CC(n3cc(N4CCCC4=O)cn3)C2)N1. The van der Waals surface area contributed by atoms with E-state index in [2.05, 4.69) is 10.4 Å². The van der Waals surface area contributed by atoms with Crippen LogP contribution in [-0.4, -0.2) is 58.1 Å². The van der Waals surface area contributed by atoms with Crippen molar-refractivity contribution in [2.45, 2.75) is 37.8 Å². The molecule has 1 aromatic rings. The lowest BCUT2D eigenvalue weighted by atomic mass is 10.1. The summed E-state index contributed by atoms with van der Waals surface area (Å²) >= 11 is 0. The number of carbonyl (C=O) groups is 3. The molecule has 3 fully saturated rings. The maximum atomic E-state index is 12.2. The van der Waals surface area contributed by atoms with Gasteiger partial charge in [0.25, 0.3) is 0 Å². The maximum Gasteiger partial charge on any atom is 0.245 e. The van der Waals surface area contributed by atoms with E-state index in [0.29, 0.717) is 32.4 Å². The summed E-state index contributed by atoms with van der Waals surface area (Å²) in [7, 11) is 0. The second kappa shape index (κ2) is 5.36. The molecule has 4 heterocycles. The van der Waals surface area contributed by atoms with Gasteiger partial charge in [-0.15, -0.1) is 0 Å². The van der Waals surface area contributed by atoms with Gasteiger partial charge in [0.15, 0.2) is 0 Å². The molecule has 0 aliphatic carbocycles. The number of hydrogen-bond acceptors (Lipinski definition) is 4. The number of carbonyl (C=O) groups excluding carboxylic acids is 3. The van der Waals surface area contributed by atoms with Crippen LogP contribution in [0.25, 0.3) is 0 Å². The standard InChI is InChI=1S/C15H19N5O3/c21-13-4-3-12(17-13)15(23)18-7-11(8-18)20-9-10(6-16-20)19-5-1-2-14(19)22/h6,9,11-12H,1-5,7-8H2,(H,17,21). The summed E-state index contributed by atoms with van der Waals surface area (Å²) in [5.41, 5.74) is 0.834. The highest BCUT2D eigenvalue weighted by Crippen LogP contribution is 2.26. The lowest BCUT2D eigenvalue weighted by Gasteiger charge is -2.40. The van der Waals surface area contributed by atoms with E-state index in [0.717, 1.165) is 18.7 Å². The highest BCUT2D eigenvalue weighted by Gasteiger charge is 2.38. The molecule has 122 valence electrons. The van der Waals surface area contributed by atoms with Crippen LogP contribution in [0.1, 0.15) is 31.7 Å². The molecule has 23 heavy (non-hydrogen) atoms. The summed E-state index contributed by atoms with van der Waals surface area (Å²) in [6, 6.07) is -0.221. The number of hydrogen-bond donors (Lipinski definition) is 1. The Labute approximate surface area is 133 Å². The molecular formula is C15H19N5O3. The van der Waals surface area contributed by atoms with Crippen molar-refractivity contribution in [2.24, 2.45) is 0 Å². The Morgan fingerprint density at radius 3 is 2.74 bits per heavy atom. The first-order valence-electron chi connectivity index (χ1n) is 8.04. The van der Waals surface area contributed by atoms with Crippen LogP contribution in [0.15, 0.2) is 12.4 Å². The molecule has 0 radical (unpaired) electrons. The Morgan fingerprint density at radius 1 is 1.26 bits per heavy atom. The Balaban J connectivity index is 1.35. The molecule has 1 aromatic heterocycles. The van der Waals surface area contributed by atoms with E-state index >= 15 is 0 Å². The largest absolute Gasteiger partial charge is 0.344 e. The van der Waals surface area contributed by atoms with Crippen LogP contribution in [0.4, 0.5) is 5.69 Å². The molecule has 1 N–H and O–H groups in total. The zero-order chi connectivity index (χ0) is 16.0. The van der Waals surface area contributed by atoms with Crippen molar-refractivity contribution in [1.29, 1.82) is 0 Å². The van der Waals surface area contributed by atoms with Crippen LogP contribution < -0.4 is 10.2 Å². The number of likely N-dealkylation sites (tertiary alicyclic amines) is 1. The monoisotopic (exact) mass is 317 g/mol. The summed E-state index contributed by atoms with van der Waals surface area (Å²) in [4.78, 5) is 38.7. The molecule has 8 heteroatoms. The molecule has 1 unspecified atom stereocenters. The predicted molar refractivity (Wildman–Crippen MR) is 80.6 cm³/mol. The van der Waals surface area contributed by atoms with E-state index < -0.39 is 0 Å². The van der Waals surface area contributed by atoms with E-state index in [4.69, 9.17) is 0 Å². The van der Waals surface area contributed by atoms with Crippen molar-refractivity contribution >= 4 is 23.4 Å². The van der Waals surface area contributed by atoms with Crippen LogP contribution in [0, 0.1) is 0 Å². The average molecular weight is 317 g/mol. The molecule has 0 aromatic carbocycles. The molecule has 1 atom stereocenters. The normalized spacial score (nSPS) is 25.0. The molecule has 4 rings (SSSR count). The number of anilines is 1. The summed E-state index contributed by atoms with van der Waals surface area (Å²) < 4.78 is 1.83. The van der Waals surface area contributed by atoms with Crippen molar-refractivity contribution in [3.05, 3.63) is 12.4 Å². The molecule has 0 saturated carbocycles. The minimum Gasteiger partial charge on any atom is -0.344 e. The van der Waals surface area contributed by atoms with Crippen LogP contribution >= 0.6 is 0 Å². The van der Waals surface area contributed by atoms with E-state index in [1.54, 1.807) is 16.0 Å². The lowest BCUT2D eigenvalue weighted by Crippen LogP contribution is -2.55. The third-order valence-electron chi connectivity index (χ3n) is 4.81. The van der Waals surface area contributed by atoms with Crippen molar-refractivity contribution in [3.63, 3.8) is 0 Å². The van der Waals surface area contributed by atoms with Gasteiger partial charge in [-0.3, -0.25) is 19.1 Å². The summed E-state index contributed by atoms with van der Waals surface area (Å²) in [5.74, 6) is 0.0913. The van der Waals surface area contributed by atoms with Gasteiger partial charge >= 0.3 is 0 Å². The zero-order valence-corrected chi connectivity index (χ0v) is 12.8. The average Bonchev–Trinajstić information content (AvgIpc) is 3.18. The highest BCUT2D eigenvalue weighted by atomic mass is 16.2. The van der Waals surface area contributed by atoms with E-state index in [-0.39, 0.29) is 29.8 Å².